The van der Waals surface area contributed by atoms with Gasteiger partial charge in [-0.3, -0.25) is 0 Å². The zero-order valence-corrected chi connectivity index (χ0v) is 9.88. The van der Waals surface area contributed by atoms with Crippen molar-refractivity contribution in [1.82, 2.24) is 5.32 Å². The van der Waals surface area contributed by atoms with Gasteiger partial charge in [-0.1, -0.05) is 20.8 Å². The predicted molar refractivity (Wildman–Crippen MR) is 60.5 cm³/mol. The summed E-state index contributed by atoms with van der Waals surface area (Å²) in [5.41, 5.74) is 0. The van der Waals surface area contributed by atoms with E-state index in [4.69, 9.17) is 4.74 Å². The van der Waals surface area contributed by atoms with Crippen molar-refractivity contribution in [3.05, 3.63) is 0 Å². The van der Waals surface area contributed by atoms with Crippen LogP contribution in [0.15, 0.2) is 0 Å². The molecule has 14 heavy (non-hydrogen) atoms. The average Bonchev–Trinajstić information content (AvgIpc) is 2.59. The molecule has 0 aromatic heterocycles. The highest BCUT2D eigenvalue weighted by molar-refractivity contribution is 4.76. The molecule has 0 bridgehead atoms. The quantitative estimate of drug-likeness (QED) is 0.663. The second-order valence-corrected chi connectivity index (χ2v) is 4.75. The fourth-order valence-corrected chi connectivity index (χ4v) is 2.06. The summed E-state index contributed by atoms with van der Waals surface area (Å²) in [5, 5.41) is 3.54. The molecule has 1 heterocycles. The molecular weight excluding hydrogens is 174 g/mol. The Balaban J connectivity index is 2.05. The van der Waals surface area contributed by atoms with E-state index in [1.807, 2.05) is 0 Å². The van der Waals surface area contributed by atoms with E-state index in [1.54, 1.807) is 0 Å². The Morgan fingerprint density at radius 1 is 1.43 bits per heavy atom. The number of hydrogen-bond donors (Lipinski definition) is 1. The number of hydrogen-bond acceptors (Lipinski definition) is 2. The molecule has 2 nitrogen and oxygen atoms in total. The van der Waals surface area contributed by atoms with E-state index in [1.165, 1.54) is 12.8 Å². The van der Waals surface area contributed by atoms with Gasteiger partial charge in [-0.05, 0) is 37.6 Å². The molecule has 1 N–H and O–H groups in total. The van der Waals surface area contributed by atoms with Gasteiger partial charge < -0.3 is 10.1 Å². The highest BCUT2D eigenvalue weighted by Crippen LogP contribution is 2.22. The molecule has 2 heteroatoms. The molecule has 84 valence electrons. The van der Waals surface area contributed by atoms with Crippen LogP contribution in [-0.4, -0.2) is 25.8 Å². The Hall–Kier alpha value is -0.0800. The van der Waals surface area contributed by atoms with E-state index in [2.05, 4.69) is 26.1 Å². The SMILES string of the molecule is CCC1OCCC1CNCCC(C)C. The van der Waals surface area contributed by atoms with Crippen molar-refractivity contribution in [2.24, 2.45) is 11.8 Å². The first kappa shape index (κ1) is 12.0. The van der Waals surface area contributed by atoms with Gasteiger partial charge in [0.05, 0.1) is 6.10 Å². The summed E-state index contributed by atoms with van der Waals surface area (Å²) in [6.45, 7) is 10.0. The van der Waals surface area contributed by atoms with Gasteiger partial charge in [0.2, 0.25) is 0 Å². The van der Waals surface area contributed by atoms with E-state index < -0.39 is 0 Å². The second-order valence-electron chi connectivity index (χ2n) is 4.75. The van der Waals surface area contributed by atoms with Gasteiger partial charge in [-0.2, -0.15) is 0 Å². The summed E-state index contributed by atoms with van der Waals surface area (Å²) in [6, 6.07) is 0. The van der Waals surface area contributed by atoms with Crippen molar-refractivity contribution in [1.29, 1.82) is 0 Å². The van der Waals surface area contributed by atoms with Crippen LogP contribution in [0.4, 0.5) is 0 Å². The van der Waals surface area contributed by atoms with Gasteiger partial charge >= 0.3 is 0 Å². The first-order valence-electron chi connectivity index (χ1n) is 6.06. The van der Waals surface area contributed by atoms with Gasteiger partial charge in [0, 0.05) is 13.2 Å². The maximum absolute atomic E-state index is 5.65. The molecule has 0 aromatic carbocycles. The molecule has 0 aliphatic carbocycles. The molecule has 0 amide bonds. The molecule has 2 unspecified atom stereocenters. The van der Waals surface area contributed by atoms with Crippen LogP contribution in [0, 0.1) is 11.8 Å². The van der Waals surface area contributed by atoms with Gasteiger partial charge in [0.15, 0.2) is 0 Å². The van der Waals surface area contributed by atoms with Crippen molar-refractivity contribution in [2.45, 2.75) is 46.1 Å². The van der Waals surface area contributed by atoms with Gasteiger partial charge in [-0.25, -0.2) is 0 Å². The van der Waals surface area contributed by atoms with Crippen LogP contribution in [0.3, 0.4) is 0 Å². The lowest BCUT2D eigenvalue weighted by molar-refractivity contribution is 0.0873. The highest BCUT2D eigenvalue weighted by atomic mass is 16.5. The third-order valence-electron chi connectivity index (χ3n) is 3.05. The minimum Gasteiger partial charge on any atom is -0.378 e. The molecule has 0 saturated carbocycles. The number of ether oxygens (including phenoxy) is 1. The lowest BCUT2D eigenvalue weighted by atomic mass is 9.99. The summed E-state index contributed by atoms with van der Waals surface area (Å²) in [4.78, 5) is 0. The Bertz CT molecular complexity index is 147. The van der Waals surface area contributed by atoms with Crippen LogP contribution in [0.25, 0.3) is 0 Å². The van der Waals surface area contributed by atoms with Crippen LogP contribution in [0.1, 0.15) is 40.0 Å². The molecule has 0 aromatic rings. The van der Waals surface area contributed by atoms with E-state index in [0.717, 1.165) is 38.0 Å². The monoisotopic (exact) mass is 199 g/mol. The van der Waals surface area contributed by atoms with Crippen molar-refractivity contribution >= 4 is 0 Å². The standard InChI is InChI=1S/C12H25NO/c1-4-12-11(6-8-14-12)9-13-7-5-10(2)3/h10-13H,4-9H2,1-3H3. The summed E-state index contributed by atoms with van der Waals surface area (Å²) in [6.07, 6.45) is 4.20. The first-order chi connectivity index (χ1) is 6.74. The summed E-state index contributed by atoms with van der Waals surface area (Å²) in [7, 11) is 0. The minimum absolute atomic E-state index is 0.515. The lowest BCUT2D eigenvalue weighted by Gasteiger charge is -2.17. The minimum atomic E-state index is 0.515. The topological polar surface area (TPSA) is 21.3 Å². The van der Waals surface area contributed by atoms with Crippen molar-refractivity contribution in [3.8, 4) is 0 Å². The van der Waals surface area contributed by atoms with Crippen LogP contribution >= 0.6 is 0 Å². The van der Waals surface area contributed by atoms with Crippen molar-refractivity contribution in [2.75, 3.05) is 19.7 Å². The van der Waals surface area contributed by atoms with Crippen LogP contribution in [0.5, 0.6) is 0 Å². The van der Waals surface area contributed by atoms with E-state index in [0.29, 0.717) is 6.10 Å². The Labute approximate surface area is 88.4 Å². The van der Waals surface area contributed by atoms with Crippen molar-refractivity contribution < 1.29 is 4.74 Å². The highest BCUT2D eigenvalue weighted by Gasteiger charge is 2.25. The zero-order chi connectivity index (χ0) is 10.4. The third-order valence-corrected chi connectivity index (χ3v) is 3.05. The molecule has 1 fully saturated rings. The largest absolute Gasteiger partial charge is 0.378 e. The van der Waals surface area contributed by atoms with Gasteiger partial charge in [0.1, 0.15) is 0 Å². The fourth-order valence-electron chi connectivity index (χ4n) is 2.06. The molecule has 1 rings (SSSR count). The molecule has 2 atom stereocenters. The van der Waals surface area contributed by atoms with Crippen LogP contribution in [0.2, 0.25) is 0 Å². The normalized spacial score (nSPS) is 27.4. The molecule has 0 spiro atoms. The van der Waals surface area contributed by atoms with Crippen LogP contribution < -0.4 is 5.32 Å². The van der Waals surface area contributed by atoms with Gasteiger partial charge in [-0.15, -0.1) is 0 Å². The van der Waals surface area contributed by atoms with E-state index in [9.17, 15) is 0 Å². The van der Waals surface area contributed by atoms with E-state index >= 15 is 0 Å². The van der Waals surface area contributed by atoms with Crippen molar-refractivity contribution in [3.63, 3.8) is 0 Å². The molecule has 1 aliphatic rings. The Morgan fingerprint density at radius 2 is 2.21 bits per heavy atom. The summed E-state index contributed by atoms with van der Waals surface area (Å²) < 4.78 is 5.65. The zero-order valence-electron chi connectivity index (χ0n) is 9.88. The molecule has 1 saturated heterocycles. The lowest BCUT2D eigenvalue weighted by Crippen LogP contribution is -2.29. The summed E-state index contributed by atoms with van der Waals surface area (Å²) in [5.74, 6) is 1.57. The second kappa shape index (κ2) is 6.41. The Kier molecular flexibility index (Phi) is 5.49. The van der Waals surface area contributed by atoms with Crippen LogP contribution in [-0.2, 0) is 4.74 Å². The third kappa shape index (κ3) is 3.97. The average molecular weight is 199 g/mol. The first-order valence-corrected chi connectivity index (χ1v) is 6.06. The maximum Gasteiger partial charge on any atom is 0.0613 e. The Morgan fingerprint density at radius 3 is 2.86 bits per heavy atom. The number of nitrogens with one attached hydrogen (secondary N) is 1. The predicted octanol–water partition coefficient (Wildman–Crippen LogP) is 2.44. The summed E-state index contributed by atoms with van der Waals surface area (Å²) >= 11 is 0. The van der Waals surface area contributed by atoms with Gasteiger partial charge in [0.25, 0.3) is 0 Å². The number of rotatable bonds is 6. The molecule has 1 aliphatic heterocycles. The smallest absolute Gasteiger partial charge is 0.0613 e. The molecule has 0 radical (unpaired) electrons. The maximum atomic E-state index is 5.65. The fraction of sp³-hybridized carbons (Fsp3) is 1.00. The van der Waals surface area contributed by atoms with E-state index in [-0.39, 0.29) is 0 Å². The molecular formula is C12H25NO.